The number of aliphatic hydroxyl groups is 1. The van der Waals surface area contributed by atoms with Gasteiger partial charge in [0.05, 0.1) is 12.8 Å². The summed E-state index contributed by atoms with van der Waals surface area (Å²) >= 11 is 6.77. The average Bonchev–Trinajstić information content (AvgIpc) is 3.53. The van der Waals surface area contributed by atoms with Gasteiger partial charge in [-0.25, -0.2) is 18.4 Å². The Kier molecular flexibility index (Phi) is 7.14. The highest BCUT2D eigenvalue weighted by molar-refractivity contribution is 7.99. The summed E-state index contributed by atoms with van der Waals surface area (Å²) in [5.74, 6) is 0.631. The summed E-state index contributed by atoms with van der Waals surface area (Å²) in [5, 5.41) is 27.7. The molecule has 0 saturated carbocycles. The van der Waals surface area contributed by atoms with Gasteiger partial charge in [-0.3, -0.25) is 0 Å². The van der Waals surface area contributed by atoms with Crippen LogP contribution in [0.4, 0.5) is 8.78 Å². The Morgan fingerprint density at radius 2 is 2.05 bits per heavy atom. The number of ether oxygens (including phenoxy) is 3. The maximum absolute atomic E-state index is 14.0. The minimum absolute atomic E-state index is 0.0202. The topological polar surface area (TPSA) is 115 Å². The van der Waals surface area contributed by atoms with Crippen molar-refractivity contribution < 1.29 is 28.1 Å². The molecule has 6 atom stereocenters. The maximum atomic E-state index is 14.0. The number of methoxy groups -OCH3 is 1. The van der Waals surface area contributed by atoms with Crippen LogP contribution in [-0.2, 0) is 14.2 Å². The van der Waals surface area contributed by atoms with Gasteiger partial charge >= 0.3 is 0 Å². The van der Waals surface area contributed by atoms with Crippen LogP contribution < -0.4 is 0 Å². The van der Waals surface area contributed by atoms with Crippen molar-refractivity contribution in [2.24, 2.45) is 0 Å². The summed E-state index contributed by atoms with van der Waals surface area (Å²) in [7, 11) is 1.48. The molecule has 2 saturated heterocycles. The molecule has 9 nitrogen and oxygen atoms in total. The first kappa shape index (κ1) is 25.5. The van der Waals surface area contributed by atoms with Gasteiger partial charge in [0.1, 0.15) is 64.3 Å². The van der Waals surface area contributed by atoms with Crippen molar-refractivity contribution in [3.63, 3.8) is 0 Å². The van der Waals surface area contributed by atoms with Crippen LogP contribution in [0.15, 0.2) is 35.5 Å². The smallest absolute Gasteiger partial charge is 0.154 e. The summed E-state index contributed by atoms with van der Waals surface area (Å²) in [6, 6.07) is 5.14. The molecule has 2 aliphatic rings. The van der Waals surface area contributed by atoms with E-state index in [0.717, 1.165) is 12.1 Å². The van der Waals surface area contributed by atoms with E-state index in [1.807, 2.05) is 6.07 Å². The SMILES string of the molecule is C#Cc1cnc(C#N)c(S[C@H]2OC3C(O)CO[C@@H]3C(n3cc(-c4cc(F)c(Cl)c(F)c4)nn3)C2OC)c1. The van der Waals surface area contributed by atoms with Crippen LogP contribution >= 0.6 is 23.4 Å². The molecule has 5 rings (SSSR count). The van der Waals surface area contributed by atoms with Gasteiger partial charge < -0.3 is 19.3 Å². The second-order valence-corrected chi connectivity index (χ2v) is 9.83. The lowest BCUT2D eigenvalue weighted by molar-refractivity contribution is -0.170. The highest BCUT2D eigenvalue weighted by atomic mass is 35.5. The van der Waals surface area contributed by atoms with Crippen LogP contribution in [0.25, 0.3) is 11.3 Å². The van der Waals surface area contributed by atoms with Crippen molar-refractivity contribution in [3.05, 3.63) is 58.5 Å². The minimum Gasteiger partial charge on any atom is -0.388 e. The molecule has 4 heterocycles. The van der Waals surface area contributed by atoms with E-state index in [1.165, 1.54) is 35.9 Å². The van der Waals surface area contributed by atoms with Crippen LogP contribution in [0.5, 0.6) is 0 Å². The van der Waals surface area contributed by atoms with Gasteiger partial charge in [0.2, 0.25) is 0 Å². The van der Waals surface area contributed by atoms with Crippen LogP contribution in [-0.4, -0.2) is 68.7 Å². The number of aromatic nitrogens is 4. The van der Waals surface area contributed by atoms with Crippen molar-refractivity contribution in [2.45, 2.75) is 40.8 Å². The number of rotatable bonds is 5. The van der Waals surface area contributed by atoms with E-state index in [-0.39, 0.29) is 23.6 Å². The largest absolute Gasteiger partial charge is 0.388 e. The van der Waals surface area contributed by atoms with E-state index >= 15 is 0 Å². The lowest BCUT2D eigenvalue weighted by atomic mass is 9.96. The molecule has 2 fully saturated rings. The van der Waals surface area contributed by atoms with Crippen LogP contribution in [0.1, 0.15) is 17.3 Å². The molecule has 0 amide bonds. The predicted molar refractivity (Wildman–Crippen MR) is 127 cm³/mol. The molecule has 4 unspecified atom stereocenters. The number of fused-ring (bicyclic) bond motifs is 1. The summed E-state index contributed by atoms with van der Waals surface area (Å²) < 4.78 is 47.4. The Morgan fingerprint density at radius 3 is 2.73 bits per heavy atom. The summed E-state index contributed by atoms with van der Waals surface area (Å²) in [5.41, 5.74) is 0.213. The fraction of sp³-hybridized carbons (Fsp3) is 0.333. The third-order valence-electron chi connectivity index (χ3n) is 6.13. The van der Waals surface area contributed by atoms with Gasteiger partial charge in [0.15, 0.2) is 5.69 Å². The molecule has 0 bridgehead atoms. The quantitative estimate of drug-likeness (QED) is 0.381. The number of aliphatic hydroxyl groups excluding tert-OH is 1. The number of thioether (sulfide) groups is 1. The summed E-state index contributed by atoms with van der Waals surface area (Å²) in [6.07, 6.45) is 5.35. The monoisotopic (exact) mass is 545 g/mol. The van der Waals surface area contributed by atoms with E-state index in [0.29, 0.717) is 10.5 Å². The fourth-order valence-electron chi connectivity index (χ4n) is 4.39. The van der Waals surface area contributed by atoms with Gasteiger partial charge in [0.25, 0.3) is 0 Å². The highest BCUT2D eigenvalue weighted by Gasteiger charge is 2.54. The third-order valence-corrected chi connectivity index (χ3v) is 7.67. The molecule has 3 aromatic rings. The van der Waals surface area contributed by atoms with E-state index in [4.69, 9.17) is 32.2 Å². The number of terminal acetylenes is 1. The van der Waals surface area contributed by atoms with E-state index < -0.39 is 52.6 Å². The van der Waals surface area contributed by atoms with Crippen LogP contribution in [0.2, 0.25) is 5.02 Å². The minimum atomic E-state index is -0.929. The Bertz CT molecular complexity index is 1400. The average molecular weight is 546 g/mol. The Balaban J connectivity index is 1.52. The third kappa shape index (κ3) is 4.68. The van der Waals surface area contributed by atoms with E-state index in [2.05, 4.69) is 21.2 Å². The molecular weight excluding hydrogens is 528 g/mol. The van der Waals surface area contributed by atoms with Crippen molar-refractivity contribution in [1.82, 2.24) is 20.0 Å². The fourth-order valence-corrected chi connectivity index (χ4v) is 5.74. The predicted octanol–water partition coefficient (Wildman–Crippen LogP) is 2.96. The van der Waals surface area contributed by atoms with E-state index in [1.54, 1.807) is 6.07 Å². The first-order valence-corrected chi connectivity index (χ1v) is 12.2. The zero-order chi connectivity index (χ0) is 26.3. The molecule has 190 valence electrons. The zero-order valence-corrected chi connectivity index (χ0v) is 20.7. The number of hydrogen-bond donors (Lipinski definition) is 1. The van der Waals surface area contributed by atoms with Crippen molar-refractivity contribution >= 4 is 23.4 Å². The number of halogens is 3. The van der Waals surface area contributed by atoms with E-state index in [9.17, 15) is 19.1 Å². The van der Waals surface area contributed by atoms with Crippen LogP contribution in [0.3, 0.4) is 0 Å². The molecule has 1 N–H and O–H groups in total. The molecule has 0 spiro atoms. The van der Waals surface area contributed by atoms with Crippen molar-refractivity contribution in [2.75, 3.05) is 13.7 Å². The number of nitrogens with zero attached hydrogens (tertiary/aromatic N) is 5. The van der Waals surface area contributed by atoms with Gasteiger partial charge in [0, 0.05) is 29.3 Å². The van der Waals surface area contributed by atoms with Gasteiger partial charge in [-0.15, -0.1) is 11.5 Å². The highest BCUT2D eigenvalue weighted by Crippen LogP contribution is 2.44. The summed E-state index contributed by atoms with van der Waals surface area (Å²) in [4.78, 5) is 4.58. The van der Waals surface area contributed by atoms with Crippen LogP contribution in [0, 0.1) is 35.3 Å². The first-order chi connectivity index (χ1) is 17.8. The second-order valence-electron chi connectivity index (χ2n) is 8.31. The second kappa shape index (κ2) is 10.3. The van der Waals surface area contributed by atoms with Crippen molar-refractivity contribution in [1.29, 1.82) is 5.26 Å². The lowest BCUT2D eigenvalue weighted by Crippen LogP contribution is -2.55. The van der Waals surface area contributed by atoms with Gasteiger partial charge in [-0.05, 0) is 18.2 Å². The molecule has 0 aliphatic carbocycles. The van der Waals surface area contributed by atoms with Crippen molar-refractivity contribution in [3.8, 4) is 29.7 Å². The number of pyridine rings is 1. The number of hydrogen-bond acceptors (Lipinski definition) is 9. The molecule has 2 aromatic heterocycles. The standard InChI is InChI=1S/C24H18ClF2N5O4S/c1-3-11-4-18(15(7-28)29-8-11)37-24-23(34-2)20(22-21(36-24)17(33)10-35-22)32-9-16(30-31-32)12-5-13(26)19(25)14(27)6-12/h1,4-6,8-9,17,20-24,33H,10H2,2H3/t17?,20?,21?,22-,23?,24-/m1/s1. The van der Waals surface area contributed by atoms with Gasteiger partial charge in [-0.2, -0.15) is 5.26 Å². The Morgan fingerprint density at radius 1 is 1.30 bits per heavy atom. The normalized spacial score (nSPS) is 26.9. The first-order valence-electron chi connectivity index (χ1n) is 10.9. The molecule has 37 heavy (non-hydrogen) atoms. The van der Waals surface area contributed by atoms with Gasteiger partial charge in [-0.1, -0.05) is 34.5 Å². The molecule has 1 aromatic carbocycles. The Hall–Kier alpha value is -3.10. The number of nitriles is 1. The number of benzene rings is 1. The zero-order valence-electron chi connectivity index (χ0n) is 19.1. The molecule has 0 radical (unpaired) electrons. The lowest BCUT2D eigenvalue weighted by Gasteiger charge is -2.43. The molecular formula is C24H18ClF2N5O4S. The Labute approximate surface area is 219 Å². The summed E-state index contributed by atoms with van der Waals surface area (Å²) in [6.45, 7) is 0.0202. The molecule has 2 aliphatic heterocycles. The molecule has 13 heteroatoms. The maximum Gasteiger partial charge on any atom is 0.154 e.